The van der Waals surface area contributed by atoms with Crippen molar-refractivity contribution in [3.8, 4) is 0 Å². The number of aromatic amines is 1. The molecule has 0 unspecified atom stereocenters. The highest BCUT2D eigenvalue weighted by atomic mass is 32.2. The molecule has 0 radical (unpaired) electrons. The average Bonchev–Trinajstić information content (AvgIpc) is 2.60. The SMILES string of the molecule is Cc1ccc(S(=O)(=O)NC(=O)CSc2nc3ccccc3c(=O)[nH]2)cc1. The Bertz CT molecular complexity index is 1120. The van der Waals surface area contributed by atoms with Crippen molar-refractivity contribution in [2.24, 2.45) is 0 Å². The van der Waals surface area contributed by atoms with Crippen molar-refractivity contribution in [3.05, 3.63) is 64.4 Å². The third-order valence-electron chi connectivity index (χ3n) is 3.51. The Morgan fingerprint density at radius 3 is 2.58 bits per heavy atom. The van der Waals surface area contributed by atoms with Crippen molar-refractivity contribution >= 4 is 38.6 Å². The normalized spacial score (nSPS) is 11.4. The largest absolute Gasteiger partial charge is 0.301 e. The van der Waals surface area contributed by atoms with Gasteiger partial charge in [-0.1, -0.05) is 41.6 Å². The molecule has 0 fully saturated rings. The number of hydrogen-bond acceptors (Lipinski definition) is 6. The van der Waals surface area contributed by atoms with Gasteiger partial charge in [-0.3, -0.25) is 9.59 Å². The van der Waals surface area contributed by atoms with Crippen molar-refractivity contribution in [2.45, 2.75) is 17.0 Å². The fourth-order valence-corrected chi connectivity index (χ4v) is 3.97. The van der Waals surface area contributed by atoms with Gasteiger partial charge in [-0.15, -0.1) is 0 Å². The Labute approximate surface area is 153 Å². The summed E-state index contributed by atoms with van der Waals surface area (Å²) in [7, 11) is -3.93. The Morgan fingerprint density at radius 2 is 1.85 bits per heavy atom. The minimum atomic E-state index is -3.93. The van der Waals surface area contributed by atoms with Crippen LogP contribution in [0.4, 0.5) is 0 Å². The van der Waals surface area contributed by atoms with Gasteiger partial charge in [-0.2, -0.15) is 0 Å². The number of para-hydroxylation sites is 1. The lowest BCUT2D eigenvalue weighted by Gasteiger charge is -2.07. The van der Waals surface area contributed by atoms with Crippen LogP contribution in [0.25, 0.3) is 10.9 Å². The predicted molar refractivity (Wildman–Crippen MR) is 99.6 cm³/mol. The number of amides is 1. The van der Waals surface area contributed by atoms with E-state index in [1.165, 1.54) is 12.1 Å². The molecule has 0 aliphatic heterocycles. The molecule has 134 valence electrons. The van der Waals surface area contributed by atoms with Crippen LogP contribution in [0.5, 0.6) is 0 Å². The molecule has 0 aliphatic carbocycles. The van der Waals surface area contributed by atoms with E-state index < -0.39 is 15.9 Å². The number of H-pyrrole nitrogens is 1. The maximum atomic E-state index is 12.2. The summed E-state index contributed by atoms with van der Waals surface area (Å²) in [6.07, 6.45) is 0. The van der Waals surface area contributed by atoms with Crippen LogP contribution < -0.4 is 10.3 Å². The lowest BCUT2D eigenvalue weighted by atomic mass is 10.2. The molecule has 0 atom stereocenters. The third-order valence-corrected chi connectivity index (χ3v) is 5.77. The molecule has 0 saturated carbocycles. The van der Waals surface area contributed by atoms with Crippen LogP contribution in [0.15, 0.2) is 63.4 Å². The topological polar surface area (TPSA) is 109 Å². The average molecular weight is 389 g/mol. The van der Waals surface area contributed by atoms with E-state index in [2.05, 4.69) is 9.97 Å². The monoisotopic (exact) mass is 389 g/mol. The number of sulfonamides is 1. The van der Waals surface area contributed by atoms with Crippen LogP contribution in [-0.4, -0.2) is 30.0 Å². The first-order valence-electron chi connectivity index (χ1n) is 7.59. The molecule has 1 amide bonds. The number of aromatic nitrogens is 2. The summed E-state index contributed by atoms with van der Waals surface area (Å²) in [6, 6.07) is 13.0. The Kier molecular flexibility index (Phi) is 5.10. The maximum Gasteiger partial charge on any atom is 0.264 e. The molecule has 2 aromatic carbocycles. The van der Waals surface area contributed by atoms with Gasteiger partial charge in [0.15, 0.2) is 5.16 Å². The molecule has 2 N–H and O–H groups in total. The van der Waals surface area contributed by atoms with Crippen molar-refractivity contribution in [2.75, 3.05) is 5.75 Å². The number of aryl methyl sites for hydroxylation is 1. The highest BCUT2D eigenvalue weighted by molar-refractivity contribution is 8.00. The molecule has 0 bridgehead atoms. The van der Waals surface area contributed by atoms with Crippen LogP contribution in [0.2, 0.25) is 0 Å². The molecule has 0 spiro atoms. The fraction of sp³-hybridized carbons (Fsp3) is 0.118. The van der Waals surface area contributed by atoms with Crippen molar-refractivity contribution in [3.63, 3.8) is 0 Å². The minimum absolute atomic E-state index is 0.0127. The number of fused-ring (bicyclic) bond motifs is 1. The third kappa shape index (κ3) is 4.12. The van der Waals surface area contributed by atoms with Crippen LogP contribution in [0, 0.1) is 6.92 Å². The number of carbonyl (C=O) groups is 1. The number of nitrogens with one attached hydrogen (secondary N) is 2. The second kappa shape index (κ2) is 7.30. The van der Waals surface area contributed by atoms with Crippen LogP contribution in [0.1, 0.15) is 5.56 Å². The highest BCUT2D eigenvalue weighted by Crippen LogP contribution is 2.15. The van der Waals surface area contributed by atoms with E-state index in [0.29, 0.717) is 10.9 Å². The van der Waals surface area contributed by atoms with E-state index in [-0.39, 0.29) is 21.4 Å². The van der Waals surface area contributed by atoms with Crippen LogP contribution in [0.3, 0.4) is 0 Å². The van der Waals surface area contributed by atoms with Gasteiger partial charge < -0.3 is 4.98 Å². The number of thioether (sulfide) groups is 1. The number of carbonyl (C=O) groups excluding carboxylic acids is 1. The second-order valence-corrected chi connectivity index (χ2v) is 8.17. The summed E-state index contributed by atoms with van der Waals surface area (Å²) >= 11 is 0.953. The van der Waals surface area contributed by atoms with Gasteiger partial charge in [-0.25, -0.2) is 18.1 Å². The number of hydrogen-bond donors (Lipinski definition) is 2. The zero-order chi connectivity index (χ0) is 18.7. The maximum absolute atomic E-state index is 12.2. The molecular weight excluding hydrogens is 374 g/mol. The summed E-state index contributed by atoms with van der Waals surface area (Å²) in [5.74, 6) is -0.904. The first-order chi connectivity index (χ1) is 12.3. The molecule has 1 aromatic heterocycles. The molecule has 0 saturated heterocycles. The standard InChI is InChI=1S/C17H15N3O4S2/c1-11-6-8-12(9-7-11)26(23,24)20-15(21)10-25-17-18-14-5-3-2-4-13(14)16(22)19-17/h2-9H,10H2,1H3,(H,20,21)(H,18,19,22). The van der Waals surface area contributed by atoms with Crippen molar-refractivity contribution in [1.82, 2.24) is 14.7 Å². The van der Waals surface area contributed by atoms with Crippen molar-refractivity contribution < 1.29 is 13.2 Å². The first-order valence-corrected chi connectivity index (χ1v) is 10.1. The van der Waals surface area contributed by atoms with E-state index >= 15 is 0 Å². The summed E-state index contributed by atoms with van der Waals surface area (Å²) in [5.41, 5.74) is 1.11. The van der Waals surface area contributed by atoms with Gasteiger partial charge in [0.1, 0.15) is 0 Å². The van der Waals surface area contributed by atoms with E-state index in [1.54, 1.807) is 36.4 Å². The molecule has 3 aromatic rings. The van der Waals surface area contributed by atoms with Gasteiger partial charge in [0.05, 0.1) is 21.6 Å². The molecule has 7 nitrogen and oxygen atoms in total. The Balaban J connectivity index is 1.69. The molecular formula is C17H15N3O4S2. The van der Waals surface area contributed by atoms with Crippen LogP contribution in [-0.2, 0) is 14.8 Å². The lowest BCUT2D eigenvalue weighted by molar-refractivity contribution is -0.116. The zero-order valence-corrected chi connectivity index (χ0v) is 15.4. The quantitative estimate of drug-likeness (QED) is 0.509. The molecule has 3 rings (SSSR count). The number of benzene rings is 2. The first kappa shape index (κ1) is 18.2. The van der Waals surface area contributed by atoms with Gasteiger partial charge in [0.2, 0.25) is 5.91 Å². The summed E-state index contributed by atoms with van der Waals surface area (Å²) in [4.78, 5) is 30.8. The Morgan fingerprint density at radius 1 is 1.15 bits per heavy atom. The number of rotatable bonds is 5. The van der Waals surface area contributed by atoms with E-state index in [4.69, 9.17) is 0 Å². The van der Waals surface area contributed by atoms with Gasteiger partial charge in [0, 0.05) is 0 Å². The van der Waals surface area contributed by atoms with Gasteiger partial charge in [-0.05, 0) is 31.2 Å². The van der Waals surface area contributed by atoms with E-state index in [0.717, 1.165) is 17.3 Å². The predicted octanol–water partition coefficient (Wildman–Crippen LogP) is 1.83. The smallest absolute Gasteiger partial charge is 0.264 e. The lowest BCUT2D eigenvalue weighted by Crippen LogP contribution is -2.32. The fourth-order valence-electron chi connectivity index (χ4n) is 2.22. The van der Waals surface area contributed by atoms with Gasteiger partial charge in [0.25, 0.3) is 15.6 Å². The summed E-state index contributed by atoms with van der Waals surface area (Å²) < 4.78 is 26.4. The molecule has 9 heteroatoms. The van der Waals surface area contributed by atoms with Crippen molar-refractivity contribution in [1.29, 1.82) is 0 Å². The molecule has 1 heterocycles. The van der Waals surface area contributed by atoms with E-state index in [9.17, 15) is 18.0 Å². The van der Waals surface area contributed by atoms with Crippen LogP contribution >= 0.6 is 11.8 Å². The molecule has 26 heavy (non-hydrogen) atoms. The zero-order valence-electron chi connectivity index (χ0n) is 13.7. The minimum Gasteiger partial charge on any atom is -0.301 e. The second-order valence-electron chi connectivity index (χ2n) is 5.52. The Hall–Kier alpha value is -2.65. The highest BCUT2D eigenvalue weighted by Gasteiger charge is 2.18. The number of nitrogens with zero attached hydrogens (tertiary/aromatic N) is 1. The van der Waals surface area contributed by atoms with E-state index in [1.807, 2.05) is 11.6 Å². The summed E-state index contributed by atoms with van der Waals surface area (Å²) in [5, 5.41) is 0.694. The summed E-state index contributed by atoms with van der Waals surface area (Å²) in [6.45, 7) is 1.84. The van der Waals surface area contributed by atoms with Gasteiger partial charge >= 0.3 is 0 Å². The molecule has 0 aliphatic rings.